The third kappa shape index (κ3) is 3.38. The van der Waals surface area contributed by atoms with E-state index < -0.39 is 0 Å². The summed E-state index contributed by atoms with van der Waals surface area (Å²) in [6, 6.07) is 8.07. The Kier molecular flexibility index (Phi) is 3.96. The molecular formula is C12H19NO. The van der Waals surface area contributed by atoms with E-state index in [4.69, 9.17) is 10.5 Å². The van der Waals surface area contributed by atoms with Gasteiger partial charge in [-0.25, -0.2) is 0 Å². The highest BCUT2D eigenvalue weighted by molar-refractivity contribution is 5.28. The van der Waals surface area contributed by atoms with Crippen LogP contribution >= 0.6 is 0 Å². The molecule has 14 heavy (non-hydrogen) atoms. The van der Waals surface area contributed by atoms with E-state index in [2.05, 4.69) is 13.8 Å². The summed E-state index contributed by atoms with van der Waals surface area (Å²) in [6.07, 6.45) is 0. The summed E-state index contributed by atoms with van der Waals surface area (Å²) < 4.78 is 5.56. The molecule has 0 aliphatic rings. The number of ether oxygens (including phenoxy) is 1. The van der Waals surface area contributed by atoms with E-state index in [-0.39, 0.29) is 6.04 Å². The summed E-state index contributed by atoms with van der Waals surface area (Å²) >= 11 is 0. The molecular weight excluding hydrogens is 174 g/mol. The second-order valence-electron chi connectivity index (χ2n) is 4.06. The highest BCUT2D eigenvalue weighted by Gasteiger charge is 2.00. The van der Waals surface area contributed by atoms with Crippen LogP contribution in [0.3, 0.4) is 0 Å². The molecule has 0 radical (unpaired) electrons. The van der Waals surface area contributed by atoms with Crippen molar-refractivity contribution < 1.29 is 4.74 Å². The van der Waals surface area contributed by atoms with E-state index in [9.17, 15) is 0 Å². The predicted molar refractivity (Wildman–Crippen MR) is 59.4 cm³/mol. The molecule has 0 heterocycles. The average molecular weight is 193 g/mol. The van der Waals surface area contributed by atoms with Crippen LogP contribution in [0, 0.1) is 5.92 Å². The minimum atomic E-state index is 0.0918. The lowest BCUT2D eigenvalue weighted by molar-refractivity contribution is 0.271. The van der Waals surface area contributed by atoms with Gasteiger partial charge in [-0.3, -0.25) is 0 Å². The van der Waals surface area contributed by atoms with Gasteiger partial charge in [0.2, 0.25) is 0 Å². The molecule has 1 aromatic carbocycles. The van der Waals surface area contributed by atoms with Crippen LogP contribution in [0.25, 0.3) is 0 Å². The Bertz CT molecular complexity index is 264. The zero-order chi connectivity index (χ0) is 10.6. The third-order valence-electron chi connectivity index (χ3n) is 1.99. The zero-order valence-electron chi connectivity index (χ0n) is 9.16. The maximum atomic E-state index is 5.75. The first-order valence-electron chi connectivity index (χ1n) is 5.08. The van der Waals surface area contributed by atoms with Crippen LogP contribution in [-0.4, -0.2) is 6.61 Å². The molecule has 1 unspecified atom stereocenters. The number of rotatable bonds is 4. The first kappa shape index (κ1) is 11.1. The minimum Gasteiger partial charge on any atom is -0.493 e. The van der Waals surface area contributed by atoms with Gasteiger partial charge in [0.05, 0.1) is 6.61 Å². The van der Waals surface area contributed by atoms with Crippen molar-refractivity contribution in [1.82, 2.24) is 0 Å². The topological polar surface area (TPSA) is 35.2 Å². The fourth-order valence-electron chi connectivity index (χ4n) is 1.13. The molecule has 0 spiro atoms. The third-order valence-corrected chi connectivity index (χ3v) is 1.99. The van der Waals surface area contributed by atoms with E-state index in [1.807, 2.05) is 31.2 Å². The number of nitrogens with two attached hydrogens (primary N) is 1. The quantitative estimate of drug-likeness (QED) is 0.798. The second-order valence-corrected chi connectivity index (χ2v) is 4.06. The lowest BCUT2D eigenvalue weighted by atomic mass is 10.1. The predicted octanol–water partition coefficient (Wildman–Crippen LogP) is 2.74. The van der Waals surface area contributed by atoms with Gasteiger partial charge in [0.15, 0.2) is 0 Å². The van der Waals surface area contributed by atoms with Gasteiger partial charge in [0.1, 0.15) is 5.75 Å². The second kappa shape index (κ2) is 5.01. The smallest absolute Gasteiger partial charge is 0.119 e. The lowest BCUT2D eigenvalue weighted by Gasteiger charge is -2.10. The SMILES string of the molecule is CC(C)COc1ccc(C(C)N)cc1. The molecule has 0 aliphatic heterocycles. The van der Waals surface area contributed by atoms with Crippen molar-refractivity contribution in [3.05, 3.63) is 29.8 Å². The van der Waals surface area contributed by atoms with Crippen molar-refractivity contribution in [2.24, 2.45) is 11.7 Å². The number of hydrogen-bond donors (Lipinski definition) is 1. The van der Waals surface area contributed by atoms with E-state index in [1.165, 1.54) is 0 Å². The maximum absolute atomic E-state index is 5.75. The number of hydrogen-bond acceptors (Lipinski definition) is 2. The van der Waals surface area contributed by atoms with Gasteiger partial charge >= 0.3 is 0 Å². The van der Waals surface area contributed by atoms with E-state index >= 15 is 0 Å². The van der Waals surface area contributed by atoms with Gasteiger partial charge < -0.3 is 10.5 Å². The standard InChI is InChI=1S/C12H19NO/c1-9(2)8-14-12-6-4-11(5-7-12)10(3)13/h4-7,9-10H,8,13H2,1-3H3. The number of benzene rings is 1. The van der Waals surface area contributed by atoms with Gasteiger partial charge in [-0.1, -0.05) is 26.0 Å². The molecule has 1 rings (SSSR count). The Morgan fingerprint density at radius 3 is 2.14 bits per heavy atom. The van der Waals surface area contributed by atoms with E-state index in [0.717, 1.165) is 17.9 Å². The van der Waals surface area contributed by atoms with E-state index in [1.54, 1.807) is 0 Å². The lowest BCUT2D eigenvalue weighted by Crippen LogP contribution is -2.06. The average Bonchev–Trinajstić information content (AvgIpc) is 2.15. The molecule has 2 N–H and O–H groups in total. The van der Waals surface area contributed by atoms with Crippen molar-refractivity contribution in [2.75, 3.05) is 6.61 Å². The molecule has 1 atom stereocenters. The van der Waals surface area contributed by atoms with Crippen LogP contribution in [0.4, 0.5) is 0 Å². The fourth-order valence-corrected chi connectivity index (χ4v) is 1.13. The van der Waals surface area contributed by atoms with Gasteiger partial charge in [0, 0.05) is 6.04 Å². The molecule has 0 aromatic heterocycles. The summed E-state index contributed by atoms with van der Waals surface area (Å²) in [7, 11) is 0. The molecule has 2 heteroatoms. The van der Waals surface area contributed by atoms with Crippen LogP contribution in [0.5, 0.6) is 5.75 Å². The Balaban J connectivity index is 2.55. The van der Waals surface area contributed by atoms with Gasteiger partial charge in [-0.15, -0.1) is 0 Å². The Hall–Kier alpha value is -1.02. The summed E-state index contributed by atoms with van der Waals surface area (Å²) in [4.78, 5) is 0. The Morgan fingerprint density at radius 1 is 1.14 bits per heavy atom. The van der Waals surface area contributed by atoms with Crippen molar-refractivity contribution >= 4 is 0 Å². The largest absolute Gasteiger partial charge is 0.493 e. The summed E-state index contributed by atoms with van der Waals surface area (Å²) in [6.45, 7) is 7.01. The Morgan fingerprint density at radius 2 is 1.71 bits per heavy atom. The minimum absolute atomic E-state index is 0.0918. The highest BCUT2D eigenvalue weighted by Crippen LogP contribution is 2.16. The van der Waals surface area contributed by atoms with Gasteiger partial charge in [-0.2, -0.15) is 0 Å². The molecule has 2 nitrogen and oxygen atoms in total. The Labute approximate surface area is 86.1 Å². The molecule has 0 bridgehead atoms. The van der Waals surface area contributed by atoms with Crippen molar-refractivity contribution in [2.45, 2.75) is 26.8 Å². The summed E-state index contributed by atoms with van der Waals surface area (Å²) in [5.41, 5.74) is 6.89. The van der Waals surface area contributed by atoms with Crippen LogP contribution in [0.1, 0.15) is 32.4 Å². The molecule has 1 aromatic rings. The molecule has 0 saturated heterocycles. The van der Waals surface area contributed by atoms with Crippen LogP contribution in [-0.2, 0) is 0 Å². The molecule has 0 fully saturated rings. The normalized spacial score (nSPS) is 12.9. The zero-order valence-corrected chi connectivity index (χ0v) is 9.16. The molecule has 0 amide bonds. The van der Waals surface area contributed by atoms with Crippen molar-refractivity contribution in [3.8, 4) is 5.75 Å². The molecule has 78 valence electrons. The van der Waals surface area contributed by atoms with Crippen molar-refractivity contribution in [3.63, 3.8) is 0 Å². The fraction of sp³-hybridized carbons (Fsp3) is 0.500. The van der Waals surface area contributed by atoms with Gasteiger partial charge in [-0.05, 0) is 30.5 Å². The summed E-state index contributed by atoms with van der Waals surface area (Å²) in [5.74, 6) is 1.48. The maximum Gasteiger partial charge on any atom is 0.119 e. The van der Waals surface area contributed by atoms with Crippen LogP contribution in [0.2, 0.25) is 0 Å². The van der Waals surface area contributed by atoms with Crippen LogP contribution < -0.4 is 10.5 Å². The van der Waals surface area contributed by atoms with Crippen LogP contribution in [0.15, 0.2) is 24.3 Å². The monoisotopic (exact) mass is 193 g/mol. The molecule has 0 aliphatic carbocycles. The highest BCUT2D eigenvalue weighted by atomic mass is 16.5. The first-order valence-corrected chi connectivity index (χ1v) is 5.08. The van der Waals surface area contributed by atoms with Gasteiger partial charge in [0.25, 0.3) is 0 Å². The molecule has 0 saturated carbocycles. The van der Waals surface area contributed by atoms with E-state index in [0.29, 0.717) is 5.92 Å². The van der Waals surface area contributed by atoms with Crippen molar-refractivity contribution in [1.29, 1.82) is 0 Å². The first-order chi connectivity index (χ1) is 6.59. The summed E-state index contributed by atoms with van der Waals surface area (Å²) in [5, 5.41) is 0.